The molecule has 1 heterocycles. The van der Waals surface area contributed by atoms with Crippen molar-refractivity contribution in [1.82, 2.24) is 0 Å². The van der Waals surface area contributed by atoms with E-state index in [9.17, 15) is 22.4 Å². The summed E-state index contributed by atoms with van der Waals surface area (Å²) in [5.41, 5.74) is 0.731. The molecule has 0 spiro atoms. The number of nitrogens with one attached hydrogen (secondary N) is 2. The van der Waals surface area contributed by atoms with Crippen molar-refractivity contribution in [2.45, 2.75) is 34.8 Å². The summed E-state index contributed by atoms with van der Waals surface area (Å²) in [7, 11) is -3.74. The molecule has 2 N–H and O–H groups in total. The predicted octanol–water partition coefficient (Wildman–Crippen LogP) is 4.10. The molecule has 1 atom stereocenters. The van der Waals surface area contributed by atoms with Gasteiger partial charge < -0.3 is 10.6 Å². The molecule has 0 aromatic heterocycles. The van der Waals surface area contributed by atoms with Gasteiger partial charge in [-0.1, -0.05) is 18.5 Å². The number of hydrogen-bond donors (Lipinski definition) is 2. The molecule has 0 radical (unpaired) electrons. The molecular formula is C19H18ClFN2O4S2. The predicted molar refractivity (Wildman–Crippen MR) is 112 cm³/mol. The molecule has 154 valence electrons. The lowest BCUT2D eigenvalue weighted by Gasteiger charge is -2.23. The first-order valence-corrected chi connectivity index (χ1v) is 11.7. The van der Waals surface area contributed by atoms with Gasteiger partial charge >= 0.3 is 0 Å². The number of carbonyl (C=O) groups excluding carboxylic acids is 2. The molecule has 1 aliphatic heterocycles. The van der Waals surface area contributed by atoms with Crippen LogP contribution in [0, 0.1) is 5.82 Å². The number of benzene rings is 2. The first-order chi connectivity index (χ1) is 13.7. The van der Waals surface area contributed by atoms with Crippen molar-refractivity contribution in [3.63, 3.8) is 0 Å². The zero-order chi connectivity index (χ0) is 21.2. The molecule has 6 nitrogen and oxygen atoms in total. The number of rotatable bonds is 6. The highest BCUT2D eigenvalue weighted by Crippen LogP contribution is 2.38. The highest BCUT2D eigenvalue weighted by Gasteiger charge is 2.27. The topological polar surface area (TPSA) is 92.3 Å². The number of amides is 2. The molecule has 0 fully saturated rings. The monoisotopic (exact) mass is 456 g/mol. The molecule has 0 unspecified atom stereocenters. The summed E-state index contributed by atoms with van der Waals surface area (Å²) < 4.78 is 38.4. The van der Waals surface area contributed by atoms with Gasteiger partial charge in [0.15, 0.2) is 9.84 Å². The van der Waals surface area contributed by atoms with Crippen LogP contribution in [0.15, 0.2) is 46.2 Å². The van der Waals surface area contributed by atoms with Gasteiger partial charge in [0.05, 0.1) is 26.6 Å². The van der Waals surface area contributed by atoms with Gasteiger partial charge in [-0.15, -0.1) is 11.8 Å². The van der Waals surface area contributed by atoms with Crippen molar-refractivity contribution in [3.8, 4) is 0 Å². The Bertz CT molecular complexity index is 1080. The summed E-state index contributed by atoms with van der Waals surface area (Å²) in [6, 6.07) is 8.24. The first kappa shape index (κ1) is 21.6. The number of sulfone groups is 1. The van der Waals surface area contributed by atoms with Crippen LogP contribution in [0.25, 0.3) is 0 Å². The first-order valence-electron chi connectivity index (χ1n) is 8.79. The number of hydrogen-bond acceptors (Lipinski definition) is 5. The molecule has 2 aromatic carbocycles. The number of thioether (sulfide) groups is 1. The quantitative estimate of drug-likeness (QED) is 0.682. The van der Waals surface area contributed by atoms with Crippen molar-refractivity contribution in [3.05, 3.63) is 47.2 Å². The Balaban J connectivity index is 1.66. The van der Waals surface area contributed by atoms with Gasteiger partial charge in [0, 0.05) is 17.0 Å². The fourth-order valence-corrected chi connectivity index (χ4v) is 5.20. The Labute approximate surface area is 177 Å². The number of anilines is 2. The van der Waals surface area contributed by atoms with Crippen LogP contribution in [0.1, 0.15) is 19.8 Å². The maximum atomic E-state index is 13.2. The molecule has 1 aliphatic rings. The van der Waals surface area contributed by atoms with E-state index in [1.54, 1.807) is 6.07 Å². The molecule has 0 aliphatic carbocycles. The van der Waals surface area contributed by atoms with Gasteiger partial charge in [-0.2, -0.15) is 0 Å². The summed E-state index contributed by atoms with van der Waals surface area (Å²) in [5.74, 6) is -1.72. The van der Waals surface area contributed by atoms with Crippen LogP contribution in [0.3, 0.4) is 0 Å². The van der Waals surface area contributed by atoms with Gasteiger partial charge in [0.1, 0.15) is 5.82 Å². The maximum absolute atomic E-state index is 13.2. The van der Waals surface area contributed by atoms with Crippen LogP contribution in [-0.4, -0.2) is 31.2 Å². The summed E-state index contributed by atoms with van der Waals surface area (Å²) in [6.45, 7) is 1.91. The van der Waals surface area contributed by atoms with Crippen molar-refractivity contribution in [1.29, 1.82) is 0 Å². The normalized spacial score (nSPS) is 16.1. The Morgan fingerprint density at radius 1 is 1.28 bits per heavy atom. The highest BCUT2D eigenvalue weighted by molar-refractivity contribution is 8.01. The largest absolute Gasteiger partial charge is 0.326 e. The van der Waals surface area contributed by atoms with Crippen LogP contribution >= 0.6 is 23.4 Å². The molecular weight excluding hydrogens is 439 g/mol. The van der Waals surface area contributed by atoms with Crippen LogP contribution in [0.4, 0.5) is 15.8 Å². The lowest BCUT2D eigenvalue weighted by molar-refractivity contribution is -0.116. The van der Waals surface area contributed by atoms with Crippen molar-refractivity contribution >= 4 is 56.4 Å². The fraction of sp³-hybridized carbons (Fsp3) is 0.263. The van der Waals surface area contributed by atoms with Crippen molar-refractivity contribution in [2.75, 3.05) is 16.4 Å². The fourth-order valence-electron chi connectivity index (χ4n) is 2.73. The second kappa shape index (κ2) is 8.73. The molecule has 3 rings (SSSR count). The van der Waals surface area contributed by atoms with Gasteiger partial charge in [-0.25, -0.2) is 12.8 Å². The van der Waals surface area contributed by atoms with E-state index >= 15 is 0 Å². The number of carbonyl (C=O) groups is 2. The summed E-state index contributed by atoms with van der Waals surface area (Å²) in [6.07, 6.45) is 0.387. The summed E-state index contributed by atoms with van der Waals surface area (Å²) in [4.78, 5) is 24.9. The van der Waals surface area contributed by atoms with E-state index < -0.39 is 27.3 Å². The Hall–Kier alpha value is -2.10. The van der Waals surface area contributed by atoms with Gasteiger partial charge in [-0.3, -0.25) is 9.59 Å². The minimum atomic E-state index is -3.74. The second-order valence-electron chi connectivity index (χ2n) is 6.41. The van der Waals surface area contributed by atoms with Gasteiger partial charge in [0.2, 0.25) is 11.8 Å². The zero-order valence-electron chi connectivity index (χ0n) is 15.4. The van der Waals surface area contributed by atoms with Crippen LogP contribution in [0.5, 0.6) is 0 Å². The highest BCUT2D eigenvalue weighted by atomic mass is 35.5. The van der Waals surface area contributed by atoms with E-state index in [0.29, 0.717) is 12.1 Å². The molecule has 29 heavy (non-hydrogen) atoms. The minimum Gasteiger partial charge on any atom is -0.326 e. The molecule has 0 bridgehead atoms. The third-order valence-electron chi connectivity index (χ3n) is 4.30. The molecule has 0 saturated carbocycles. The van der Waals surface area contributed by atoms with Crippen molar-refractivity contribution < 1.29 is 22.4 Å². The summed E-state index contributed by atoms with van der Waals surface area (Å²) >= 11 is 7.06. The van der Waals surface area contributed by atoms with Crippen LogP contribution < -0.4 is 10.6 Å². The zero-order valence-corrected chi connectivity index (χ0v) is 17.8. The minimum absolute atomic E-state index is 0.0322. The molecule has 0 saturated heterocycles. The second-order valence-corrected chi connectivity index (χ2v) is 10.2. The number of halogens is 2. The van der Waals surface area contributed by atoms with E-state index in [1.807, 2.05) is 6.92 Å². The lowest BCUT2D eigenvalue weighted by atomic mass is 10.2. The van der Waals surface area contributed by atoms with E-state index in [4.69, 9.17) is 11.6 Å². The SMILES string of the molecule is CC[C@H]1Sc2ccc(S(=O)(=O)CCC(=O)Nc3ccc(F)c(Cl)c3)cc2NC1=O. The van der Waals surface area contributed by atoms with Crippen molar-refractivity contribution in [2.24, 2.45) is 0 Å². The van der Waals surface area contributed by atoms with Crippen LogP contribution in [0.2, 0.25) is 5.02 Å². The Kier molecular flexibility index (Phi) is 6.50. The maximum Gasteiger partial charge on any atom is 0.237 e. The Morgan fingerprint density at radius 2 is 2.03 bits per heavy atom. The van der Waals surface area contributed by atoms with Gasteiger partial charge in [-0.05, 0) is 42.8 Å². The van der Waals surface area contributed by atoms with E-state index in [2.05, 4.69) is 10.6 Å². The third-order valence-corrected chi connectivity index (χ3v) is 7.75. The molecule has 2 aromatic rings. The Morgan fingerprint density at radius 3 is 2.72 bits per heavy atom. The average molecular weight is 457 g/mol. The summed E-state index contributed by atoms with van der Waals surface area (Å²) in [5, 5.41) is 4.88. The van der Waals surface area contributed by atoms with E-state index in [0.717, 1.165) is 11.0 Å². The standard InChI is InChI=1S/C19H18ClFN2O4S2/c1-2-16-19(25)23-15-10-12(4-6-17(15)28-16)29(26,27)8-7-18(24)22-11-3-5-14(21)13(20)9-11/h3-6,9-10,16H,2,7-8H2,1H3,(H,22,24)(H,23,25)/t16-/m1/s1. The molecule has 2 amide bonds. The van der Waals surface area contributed by atoms with Gasteiger partial charge in [0.25, 0.3) is 0 Å². The average Bonchev–Trinajstić information content (AvgIpc) is 2.68. The van der Waals surface area contributed by atoms with Crippen LogP contribution in [-0.2, 0) is 19.4 Å². The third kappa shape index (κ3) is 5.09. The lowest BCUT2D eigenvalue weighted by Crippen LogP contribution is -2.28. The van der Waals surface area contributed by atoms with E-state index in [-0.39, 0.29) is 33.2 Å². The smallest absolute Gasteiger partial charge is 0.237 e. The number of fused-ring (bicyclic) bond motifs is 1. The molecule has 10 heteroatoms. The van der Waals surface area contributed by atoms with E-state index in [1.165, 1.54) is 36.0 Å².